The summed E-state index contributed by atoms with van der Waals surface area (Å²) in [6, 6.07) is 8.51. The van der Waals surface area contributed by atoms with E-state index in [4.69, 9.17) is 14.2 Å². The molecule has 0 aliphatic carbocycles. The zero-order chi connectivity index (χ0) is 20.3. The molecule has 0 unspecified atom stereocenters. The van der Waals surface area contributed by atoms with Crippen LogP contribution in [0.3, 0.4) is 0 Å². The maximum Gasteiger partial charge on any atom is 0.330 e. The molecule has 0 amide bonds. The molecule has 3 rings (SSSR count). The summed E-state index contributed by atoms with van der Waals surface area (Å²) < 4.78 is 21.4. The van der Waals surface area contributed by atoms with Crippen LogP contribution in [-0.4, -0.2) is 44.1 Å². The van der Waals surface area contributed by atoms with Crippen molar-refractivity contribution in [1.82, 2.24) is 0 Å². The number of hydrogen-bond acceptors (Lipinski definition) is 7. The summed E-state index contributed by atoms with van der Waals surface area (Å²) in [6.07, 6.45) is 2.44. The molecular formula is C21H22O7. The average molecular weight is 386 g/mol. The Kier molecular flexibility index (Phi) is 5.75. The SMILES string of the molecule is COC(=O)/C=C/c1cc(OC)c2c(c1)[C@@H](CO)[C@@H](c1ccc(O)c(OC)c1)O2. The van der Waals surface area contributed by atoms with Crippen molar-refractivity contribution in [3.8, 4) is 23.0 Å². The number of benzene rings is 2. The van der Waals surface area contributed by atoms with Gasteiger partial charge in [0.15, 0.2) is 23.0 Å². The van der Waals surface area contributed by atoms with Crippen LogP contribution >= 0.6 is 0 Å². The van der Waals surface area contributed by atoms with E-state index in [1.54, 1.807) is 24.3 Å². The number of phenolic OH excluding ortho intramolecular Hbond substituents is 1. The Morgan fingerprint density at radius 1 is 1.14 bits per heavy atom. The molecule has 2 atom stereocenters. The number of aromatic hydroxyl groups is 1. The smallest absolute Gasteiger partial charge is 0.330 e. The van der Waals surface area contributed by atoms with E-state index >= 15 is 0 Å². The highest BCUT2D eigenvalue weighted by Crippen LogP contribution is 2.51. The summed E-state index contributed by atoms with van der Waals surface area (Å²) in [5.41, 5.74) is 2.23. The van der Waals surface area contributed by atoms with E-state index < -0.39 is 12.1 Å². The van der Waals surface area contributed by atoms with Gasteiger partial charge in [-0.2, -0.15) is 0 Å². The fraction of sp³-hybridized carbons (Fsp3) is 0.286. The molecule has 2 aromatic carbocycles. The molecule has 0 aromatic heterocycles. The Balaban J connectivity index is 2.02. The zero-order valence-electron chi connectivity index (χ0n) is 15.8. The maximum absolute atomic E-state index is 11.4. The van der Waals surface area contributed by atoms with Crippen LogP contribution in [0.1, 0.15) is 28.7 Å². The molecule has 1 heterocycles. The van der Waals surface area contributed by atoms with E-state index in [1.165, 1.54) is 33.5 Å². The molecule has 2 N–H and O–H groups in total. The molecule has 0 fully saturated rings. The quantitative estimate of drug-likeness (QED) is 0.582. The molecule has 0 saturated heterocycles. The number of phenols is 1. The van der Waals surface area contributed by atoms with Gasteiger partial charge in [0.05, 0.1) is 33.9 Å². The van der Waals surface area contributed by atoms with E-state index in [0.29, 0.717) is 22.8 Å². The Labute approximate surface area is 162 Å². The van der Waals surface area contributed by atoms with Crippen LogP contribution in [0.25, 0.3) is 6.08 Å². The van der Waals surface area contributed by atoms with Crippen molar-refractivity contribution in [1.29, 1.82) is 0 Å². The molecule has 0 bridgehead atoms. The van der Waals surface area contributed by atoms with Crippen LogP contribution in [0.5, 0.6) is 23.0 Å². The Morgan fingerprint density at radius 3 is 2.54 bits per heavy atom. The van der Waals surface area contributed by atoms with E-state index in [-0.39, 0.29) is 18.3 Å². The van der Waals surface area contributed by atoms with Gasteiger partial charge in [-0.3, -0.25) is 0 Å². The fourth-order valence-electron chi connectivity index (χ4n) is 3.27. The van der Waals surface area contributed by atoms with Gasteiger partial charge in [-0.05, 0) is 41.5 Å². The first-order valence-corrected chi connectivity index (χ1v) is 8.64. The summed E-state index contributed by atoms with van der Waals surface area (Å²) >= 11 is 0. The third-order valence-electron chi connectivity index (χ3n) is 4.68. The monoisotopic (exact) mass is 386 g/mol. The van der Waals surface area contributed by atoms with Gasteiger partial charge in [0, 0.05) is 11.6 Å². The molecule has 0 saturated carbocycles. The highest BCUT2D eigenvalue weighted by atomic mass is 16.5. The van der Waals surface area contributed by atoms with Crippen molar-refractivity contribution in [2.45, 2.75) is 12.0 Å². The minimum absolute atomic E-state index is 0.0233. The molecule has 0 radical (unpaired) electrons. The lowest BCUT2D eigenvalue weighted by Crippen LogP contribution is -2.13. The molecule has 7 nitrogen and oxygen atoms in total. The van der Waals surface area contributed by atoms with E-state index in [2.05, 4.69) is 4.74 Å². The molecule has 1 aliphatic heterocycles. The topological polar surface area (TPSA) is 94.5 Å². The summed E-state index contributed by atoms with van der Waals surface area (Å²) in [6.45, 7) is -0.159. The number of carbonyl (C=O) groups excluding carboxylic acids is 1. The van der Waals surface area contributed by atoms with Crippen LogP contribution in [0.15, 0.2) is 36.4 Å². The molecule has 28 heavy (non-hydrogen) atoms. The van der Waals surface area contributed by atoms with Crippen LogP contribution < -0.4 is 14.2 Å². The van der Waals surface area contributed by atoms with Gasteiger partial charge in [-0.15, -0.1) is 0 Å². The summed E-state index contributed by atoms with van der Waals surface area (Å²) in [5.74, 6) is 0.549. The third-order valence-corrected chi connectivity index (χ3v) is 4.68. The largest absolute Gasteiger partial charge is 0.504 e. The van der Waals surface area contributed by atoms with Gasteiger partial charge in [0.2, 0.25) is 0 Å². The van der Waals surface area contributed by atoms with Crippen molar-refractivity contribution in [3.63, 3.8) is 0 Å². The standard InChI is InChI=1S/C21H22O7/c1-25-17-10-13(5-6-16(17)23)20-15(11-22)14-8-12(4-7-19(24)27-3)9-18(26-2)21(14)28-20/h4-10,15,20,22-23H,11H2,1-3H3/b7-4+/t15-,20-/m1/s1. The summed E-state index contributed by atoms with van der Waals surface area (Å²) in [7, 11) is 4.30. The number of hydrogen-bond donors (Lipinski definition) is 2. The lowest BCUT2D eigenvalue weighted by Gasteiger charge is -2.18. The Bertz CT molecular complexity index is 904. The Hall–Kier alpha value is -3.19. The summed E-state index contributed by atoms with van der Waals surface area (Å²) in [4.78, 5) is 11.4. The van der Waals surface area contributed by atoms with Crippen molar-refractivity contribution in [3.05, 3.63) is 53.1 Å². The van der Waals surface area contributed by atoms with Crippen molar-refractivity contribution >= 4 is 12.0 Å². The van der Waals surface area contributed by atoms with Gasteiger partial charge < -0.3 is 29.2 Å². The number of ether oxygens (including phenoxy) is 4. The number of esters is 1. The maximum atomic E-state index is 11.4. The average Bonchev–Trinajstić information content (AvgIpc) is 3.10. The van der Waals surface area contributed by atoms with Gasteiger partial charge in [0.1, 0.15) is 6.10 Å². The van der Waals surface area contributed by atoms with Gasteiger partial charge >= 0.3 is 5.97 Å². The van der Waals surface area contributed by atoms with Gasteiger partial charge in [0.25, 0.3) is 0 Å². The first kappa shape index (κ1) is 19.6. The molecule has 148 valence electrons. The second-order valence-corrected chi connectivity index (χ2v) is 6.26. The second kappa shape index (κ2) is 8.22. The van der Waals surface area contributed by atoms with Gasteiger partial charge in [-0.25, -0.2) is 4.79 Å². The van der Waals surface area contributed by atoms with Crippen molar-refractivity contribution < 1.29 is 34.0 Å². The highest BCUT2D eigenvalue weighted by Gasteiger charge is 2.37. The Morgan fingerprint density at radius 2 is 1.89 bits per heavy atom. The predicted octanol–water partition coefficient (Wildman–Crippen LogP) is 2.81. The van der Waals surface area contributed by atoms with Gasteiger partial charge in [-0.1, -0.05) is 6.07 Å². The van der Waals surface area contributed by atoms with Crippen LogP contribution in [0.4, 0.5) is 0 Å². The lowest BCUT2D eigenvalue weighted by molar-refractivity contribution is -0.134. The van der Waals surface area contributed by atoms with E-state index in [0.717, 1.165) is 11.1 Å². The number of rotatable bonds is 6. The first-order valence-electron chi connectivity index (χ1n) is 8.64. The highest BCUT2D eigenvalue weighted by molar-refractivity contribution is 5.87. The number of aliphatic hydroxyl groups is 1. The van der Waals surface area contributed by atoms with Crippen LogP contribution in [0, 0.1) is 0 Å². The van der Waals surface area contributed by atoms with Crippen LogP contribution in [-0.2, 0) is 9.53 Å². The predicted molar refractivity (Wildman–Crippen MR) is 102 cm³/mol. The minimum atomic E-state index is -0.483. The first-order chi connectivity index (χ1) is 13.5. The normalized spacial score (nSPS) is 17.9. The number of aliphatic hydroxyl groups excluding tert-OH is 1. The van der Waals surface area contributed by atoms with Crippen LogP contribution in [0.2, 0.25) is 0 Å². The number of fused-ring (bicyclic) bond motifs is 1. The van der Waals surface area contributed by atoms with Crippen molar-refractivity contribution in [2.24, 2.45) is 0 Å². The van der Waals surface area contributed by atoms with E-state index in [9.17, 15) is 15.0 Å². The third kappa shape index (κ3) is 3.61. The molecule has 1 aliphatic rings. The number of methoxy groups -OCH3 is 3. The molecular weight excluding hydrogens is 364 g/mol. The fourth-order valence-corrected chi connectivity index (χ4v) is 3.27. The molecule has 0 spiro atoms. The minimum Gasteiger partial charge on any atom is -0.504 e. The number of carbonyl (C=O) groups is 1. The van der Waals surface area contributed by atoms with Crippen molar-refractivity contribution in [2.75, 3.05) is 27.9 Å². The van der Waals surface area contributed by atoms with E-state index in [1.807, 2.05) is 6.07 Å². The lowest BCUT2D eigenvalue weighted by atomic mass is 9.90. The summed E-state index contributed by atoms with van der Waals surface area (Å²) in [5, 5.41) is 19.9. The second-order valence-electron chi connectivity index (χ2n) is 6.26. The molecule has 2 aromatic rings. The molecule has 7 heteroatoms. The zero-order valence-corrected chi connectivity index (χ0v) is 15.8.